The van der Waals surface area contributed by atoms with E-state index < -0.39 is 10.5 Å². The number of carbonyl (C=O) groups excluding carboxylic acids is 1. The lowest BCUT2D eigenvalue weighted by Crippen LogP contribution is -2.31. The van der Waals surface area contributed by atoms with E-state index in [2.05, 4.69) is 0 Å². The van der Waals surface area contributed by atoms with Crippen LogP contribution < -0.4 is 0 Å². The van der Waals surface area contributed by atoms with E-state index in [1.807, 2.05) is 24.3 Å². The fraction of sp³-hybridized carbons (Fsp3) is 0.235. The second-order valence-electron chi connectivity index (χ2n) is 5.72. The molecule has 5 heteroatoms. The number of ether oxygens (including phenoxy) is 1. The van der Waals surface area contributed by atoms with Gasteiger partial charge >= 0.3 is 0 Å². The Balaban J connectivity index is 1.64. The predicted octanol–water partition coefficient (Wildman–Crippen LogP) is 3.23. The Morgan fingerprint density at radius 3 is 2.59 bits per heavy atom. The van der Waals surface area contributed by atoms with Gasteiger partial charge in [-0.2, -0.15) is 0 Å². The van der Waals surface area contributed by atoms with Crippen LogP contribution in [0.2, 0.25) is 0 Å². The first-order valence-electron chi connectivity index (χ1n) is 7.17. The van der Waals surface area contributed by atoms with E-state index in [9.17, 15) is 14.9 Å². The fourth-order valence-electron chi connectivity index (χ4n) is 3.27. The molecular weight excluding hydrogens is 282 g/mol. The van der Waals surface area contributed by atoms with Crippen molar-refractivity contribution in [2.45, 2.75) is 24.5 Å². The number of benzene rings is 2. The summed E-state index contributed by atoms with van der Waals surface area (Å²) in [6.45, 7) is 0. The Kier molecular flexibility index (Phi) is 2.68. The van der Waals surface area contributed by atoms with Crippen LogP contribution in [0.1, 0.15) is 34.0 Å². The number of epoxide rings is 1. The van der Waals surface area contributed by atoms with Gasteiger partial charge < -0.3 is 4.74 Å². The zero-order valence-corrected chi connectivity index (χ0v) is 11.7. The van der Waals surface area contributed by atoms with Gasteiger partial charge in [-0.3, -0.25) is 14.9 Å². The molecule has 4 rings (SSSR count). The van der Waals surface area contributed by atoms with Crippen LogP contribution in [0.15, 0.2) is 48.5 Å². The van der Waals surface area contributed by atoms with Gasteiger partial charge in [-0.1, -0.05) is 24.3 Å². The van der Waals surface area contributed by atoms with Crippen LogP contribution >= 0.6 is 0 Å². The monoisotopic (exact) mass is 295 g/mol. The maximum atomic E-state index is 12.7. The summed E-state index contributed by atoms with van der Waals surface area (Å²) in [5.41, 5.74) is 1.89. The highest BCUT2D eigenvalue weighted by Crippen LogP contribution is 2.56. The van der Waals surface area contributed by atoms with Crippen LogP contribution in [0.3, 0.4) is 0 Å². The number of aryl methyl sites for hydroxylation is 1. The van der Waals surface area contributed by atoms with Gasteiger partial charge in [0.1, 0.15) is 6.10 Å². The molecule has 0 radical (unpaired) electrons. The number of non-ortho nitro benzene ring substituents is 1. The molecule has 2 aromatic rings. The molecule has 1 heterocycles. The summed E-state index contributed by atoms with van der Waals surface area (Å²) in [5.74, 6) is 0.0257. The average Bonchev–Trinajstić information content (AvgIpc) is 3.27. The van der Waals surface area contributed by atoms with Crippen LogP contribution in [0, 0.1) is 10.1 Å². The van der Waals surface area contributed by atoms with Crippen LogP contribution in [0.5, 0.6) is 0 Å². The Morgan fingerprint density at radius 2 is 1.86 bits per heavy atom. The number of nitro benzene ring substituents is 1. The van der Waals surface area contributed by atoms with Crippen molar-refractivity contribution >= 4 is 11.5 Å². The van der Waals surface area contributed by atoms with E-state index in [0.29, 0.717) is 6.42 Å². The Labute approximate surface area is 126 Å². The summed E-state index contributed by atoms with van der Waals surface area (Å²) >= 11 is 0. The van der Waals surface area contributed by atoms with Gasteiger partial charge in [0, 0.05) is 17.7 Å². The van der Waals surface area contributed by atoms with Crippen LogP contribution in [0.25, 0.3) is 0 Å². The zero-order chi connectivity index (χ0) is 15.3. The van der Waals surface area contributed by atoms with Crippen molar-refractivity contribution in [2.75, 3.05) is 0 Å². The highest BCUT2D eigenvalue weighted by molar-refractivity contribution is 6.07. The third-order valence-electron chi connectivity index (χ3n) is 4.51. The van der Waals surface area contributed by atoms with Crippen molar-refractivity contribution in [3.05, 3.63) is 75.3 Å². The summed E-state index contributed by atoms with van der Waals surface area (Å²) in [6, 6.07) is 13.9. The molecule has 0 bridgehead atoms. The van der Waals surface area contributed by atoms with E-state index in [4.69, 9.17) is 4.74 Å². The highest BCUT2D eigenvalue weighted by Gasteiger charge is 2.63. The third-order valence-corrected chi connectivity index (χ3v) is 4.51. The lowest BCUT2D eigenvalue weighted by molar-refractivity contribution is -0.384. The minimum atomic E-state index is -0.773. The first kappa shape index (κ1) is 13.2. The molecule has 2 aliphatic rings. The first-order chi connectivity index (χ1) is 10.6. The Hall–Kier alpha value is -2.53. The standard InChI is InChI=1S/C17H13NO4/c19-15-14-4-2-1-3-11(14)9-10-17(15)16(22-17)12-5-7-13(8-6-12)18(20)21/h1-8,16H,9-10H2/t16-,17-/m1/s1. The van der Waals surface area contributed by atoms with Gasteiger partial charge in [0.15, 0.2) is 11.4 Å². The molecule has 1 aliphatic carbocycles. The minimum absolute atomic E-state index is 0.0257. The minimum Gasteiger partial charge on any atom is -0.352 e. The lowest BCUT2D eigenvalue weighted by Gasteiger charge is -2.20. The van der Waals surface area contributed by atoms with Crippen molar-refractivity contribution in [3.8, 4) is 0 Å². The molecule has 5 nitrogen and oxygen atoms in total. The van der Waals surface area contributed by atoms with Crippen molar-refractivity contribution in [1.82, 2.24) is 0 Å². The molecule has 0 unspecified atom stereocenters. The molecular formula is C17H13NO4. The van der Waals surface area contributed by atoms with Crippen molar-refractivity contribution in [1.29, 1.82) is 0 Å². The summed E-state index contributed by atoms with van der Waals surface area (Å²) in [7, 11) is 0. The van der Waals surface area contributed by atoms with Crippen LogP contribution in [-0.2, 0) is 11.2 Å². The number of nitrogens with zero attached hydrogens (tertiary/aromatic N) is 1. The molecule has 110 valence electrons. The van der Waals surface area contributed by atoms with Crippen molar-refractivity contribution in [2.24, 2.45) is 0 Å². The summed E-state index contributed by atoms with van der Waals surface area (Å²) in [6.07, 6.45) is 1.17. The van der Waals surface area contributed by atoms with Crippen molar-refractivity contribution in [3.63, 3.8) is 0 Å². The largest absolute Gasteiger partial charge is 0.352 e. The van der Waals surface area contributed by atoms with Crippen LogP contribution in [0.4, 0.5) is 5.69 Å². The summed E-state index contributed by atoms with van der Waals surface area (Å²) in [4.78, 5) is 23.0. The zero-order valence-electron chi connectivity index (χ0n) is 11.7. The number of rotatable bonds is 2. The van der Waals surface area contributed by atoms with Gasteiger partial charge in [-0.25, -0.2) is 0 Å². The quantitative estimate of drug-likeness (QED) is 0.484. The number of hydrogen-bond donors (Lipinski definition) is 0. The van der Waals surface area contributed by atoms with Crippen LogP contribution in [-0.4, -0.2) is 16.3 Å². The van der Waals surface area contributed by atoms with E-state index in [1.54, 1.807) is 12.1 Å². The molecule has 1 fully saturated rings. The number of ketones is 1. The Bertz CT molecular complexity index is 784. The van der Waals surface area contributed by atoms with E-state index in [-0.39, 0.29) is 17.6 Å². The van der Waals surface area contributed by atoms with E-state index >= 15 is 0 Å². The molecule has 1 aliphatic heterocycles. The molecule has 1 saturated heterocycles. The van der Waals surface area contributed by atoms with Gasteiger partial charge in [0.25, 0.3) is 5.69 Å². The molecule has 0 saturated carbocycles. The molecule has 2 atom stereocenters. The highest BCUT2D eigenvalue weighted by atomic mass is 16.6. The number of fused-ring (bicyclic) bond motifs is 1. The molecule has 22 heavy (non-hydrogen) atoms. The second-order valence-corrected chi connectivity index (χ2v) is 5.72. The normalized spacial score (nSPS) is 25.8. The van der Waals surface area contributed by atoms with E-state index in [0.717, 1.165) is 23.1 Å². The molecule has 0 amide bonds. The smallest absolute Gasteiger partial charge is 0.269 e. The number of carbonyl (C=O) groups is 1. The van der Waals surface area contributed by atoms with Crippen molar-refractivity contribution < 1.29 is 14.5 Å². The number of Topliss-reactive ketones (excluding diaryl/α,β-unsaturated/α-hetero) is 1. The topological polar surface area (TPSA) is 72.7 Å². The van der Waals surface area contributed by atoms with Gasteiger partial charge in [-0.15, -0.1) is 0 Å². The predicted molar refractivity (Wildman–Crippen MR) is 78.7 cm³/mol. The molecule has 0 aromatic heterocycles. The Morgan fingerprint density at radius 1 is 1.14 bits per heavy atom. The summed E-state index contributed by atoms with van der Waals surface area (Å²) < 4.78 is 5.78. The number of hydrogen-bond acceptors (Lipinski definition) is 4. The first-order valence-corrected chi connectivity index (χ1v) is 7.17. The maximum absolute atomic E-state index is 12.7. The molecule has 0 N–H and O–H groups in total. The lowest BCUT2D eigenvalue weighted by atomic mass is 9.79. The summed E-state index contributed by atoms with van der Waals surface area (Å²) in [5, 5.41) is 10.7. The molecule has 1 spiro atoms. The third kappa shape index (κ3) is 1.79. The van der Waals surface area contributed by atoms with E-state index in [1.165, 1.54) is 12.1 Å². The average molecular weight is 295 g/mol. The SMILES string of the molecule is O=C1c2ccccc2CC[C@@]12O[C@@H]2c1ccc([N+](=O)[O-])cc1. The van der Waals surface area contributed by atoms with Gasteiger partial charge in [0.2, 0.25) is 0 Å². The van der Waals surface area contributed by atoms with Gasteiger partial charge in [0.05, 0.1) is 4.92 Å². The number of nitro groups is 1. The molecule has 2 aromatic carbocycles. The van der Waals surface area contributed by atoms with Gasteiger partial charge in [-0.05, 0) is 36.1 Å². The fourth-order valence-corrected chi connectivity index (χ4v) is 3.27. The second kappa shape index (κ2) is 4.48. The maximum Gasteiger partial charge on any atom is 0.269 e.